The summed E-state index contributed by atoms with van der Waals surface area (Å²) >= 11 is 0. The molecule has 0 bridgehead atoms. The van der Waals surface area contributed by atoms with Crippen LogP contribution in [0.25, 0.3) is 0 Å². The maximum absolute atomic E-state index is 11.2. The monoisotopic (exact) mass is 258 g/mol. The Hall–Kier alpha value is -1.56. The van der Waals surface area contributed by atoms with Gasteiger partial charge in [0.05, 0.1) is 19.1 Å². The van der Waals surface area contributed by atoms with Gasteiger partial charge >= 0.3 is 12.0 Å². The Morgan fingerprint density at radius 3 is 2.50 bits per heavy atom. The van der Waals surface area contributed by atoms with E-state index in [4.69, 9.17) is 9.84 Å². The van der Waals surface area contributed by atoms with E-state index < -0.39 is 11.9 Å². The van der Waals surface area contributed by atoms with Crippen molar-refractivity contribution in [3.63, 3.8) is 0 Å². The number of carbonyl (C=O) groups is 2. The van der Waals surface area contributed by atoms with E-state index in [1.54, 1.807) is 6.92 Å². The zero-order chi connectivity index (χ0) is 14.0. The molecule has 0 rings (SSSR count). The number of amides is 2. The van der Waals surface area contributed by atoms with E-state index in [1.165, 1.54) is 0 Å². The topological polar surface area (TPSA) is 87.7 Å². The van der Waals surface area contributed by atoms with Crippen LogP contribution in [0.2, 0.25) is 0 Å². The van der Waals surface area contributed by atoms with Gasteiger partial charge in [-0.25, -0.2) is 4.79 Å². The lowest BCUT2D eigenvalue weighted by atomic mass is 10.1. The standard InChI is InChI=1S/C12H22N2O4/c1-9(2)8-18-7-6-14-12(17)13-5-4-10(3)11(15)16/h10H,1,4-8H2,2-3H3,(H,15,16)(H2,13,14,17). The van der Waals surface area contributed by atoms with Crippen molar-refractivity contribution in [2.24, 2.45) is 5.92 Å². The van der Waals surface area contributed by atoms with Crippen molar-refractivity contribution in [3.05, 3.63) is 12.2 Å². The number of hydrogen-bond acceptors (Lipinski definition) is 3. The first-order valence-electron chi connectivity index (χ1n) is 5.90. The van der Waals surface area contributed by atoms with Crippen molar-refractivity contribution in [1.82, 2.24) is 10.6 Å². The SMILES string of the molecule is C=C(C)COCCNC(=O)NCCC(C)C(=O)O. The van der Waals surface area contributed by atoms with Gasteiger partial charge < -0.3 is 20.5 Å². The Labute approximate surface area is 107 Å². The van der Waals surface area contributed by atoms with Crippen molar-refractivity contribution in [2.75, 3.05) is 26.3 Å². The molecule has 0 saturated carbocycles. The van der Waals surface area contributed by atoms with Gasteiger partial charge in [0, 0.05) is 13.1 Å². The number of rotatable bonds is 9. The van der Waals surface area contributed by atoms with Crippen molar-refractivity contribution in [3.8, 4) is 0 Å². The fourth-order valence-electron chi connectivity index (χ4n) is 1.07. The molecule has 0 heterocycles. The van der Waals surface area contributed by atoms with E-state index in [-0.39, 0.29) is 6.03 Å². The summed E-state index contributed by atoms with van der Waals surface area (Å²) in [5, 5.41) is 13.8. The zero-order valence-corrected chi connectivity index (χ0v) is 11.0. The third kappa shape index (κ3) is 9.65. The van der Waals surface area contributed by atoms with Crippen LogP contribution < -0.4 is 10.6 Å². The predicted molar refractivity (Wildman–Crippen MR) is 68.5 cm³/mol. The lowest BCUT2D eigenvalue weighted by Crippen LogP contribution is -2.38. The van der Waals surface area contributed by atoms with Gasteiger partial charge in [0.2, 0.25) is 0 Å². The molecule has 6 nitrogen and oxygen atoms in total. The molecule has 0 aliphatic heterocycles. The van der Waals surface area contributed by atoms with Crippen LogP contribution in [0.15, 0.2) is 12.2 Å². The van der Waals surface area contributed by atoms with Gasteiger partial charge in [-0.15, -0.1) is 0 Å². The van der Waals surface area contributed by atoms with Crippen molar-refractivity contribution in [2.45, 2.75) is 20.3 Å². The molecular formula is C12H22N2O4. The quantitative estimate of drug-likeness (QED) is 0.425. The fourth-order valence-corrected chi connectivity index (χ4v) is 1.07. The van der Waals surface area contributed by atoms with E-state index in [1.807, 2.05) is 6.92 Å². The second kappa shape index (κ2) is 9.47. The number of ether oxygens (including phenoxy) is 1. The molecule has 0 spiro atoms. The summed E-state index contributed by atoms with van der Waals surface area (Å²) in [6.07, 6.45) is 0.412. The first-order valence-corrected chi connectivity index (χ1v) is 5.90. The van der Waals surface area contributed by atoms with Gasteiger partial charge in [-0.3, -0.25) is 4.79 Å². The second-order valence-electron chi connectivity index (χ2n) is 4.22. The Balaban J connectivity index is 3.43. The minimum atomic E-state index is -0.856. The largest absolute Gasteiger partial charge is 0.481 e. The Morgan fingerprint density at radius 2 is 1.94 bits per heavy atom. The second-order valence-corrected chi connectivity index (χ2v) is 4.22. The number of carboxylic acids is 1. The number of carboxylic acid groups (broad SMARTS) is 1. The Kier molecular flexibility index (Phi) is 8.65. The van der Waals surface area contributed by atoms with Crippen molar-refractivity contribution >= 4 is 12.0 Å². The highest BCUT2D eigenvalue weighted by Crippen LogP contribution is 1.99. The minimum absolute atomic E-state index is 0.313. The maximum atomic E-state index is 11.2. The average molecular weight is 258 g/mol. The molecule has 0 radical (unpaired) electrons. The Morgan fingerprint density at radius 1 is 1.33 bits per heavy atom. The van der Waals surface area contributed by atoms with Crippen LogP contribution >= 0.6 is 0 Å². The van der Waals surface area contributed by atoms with E-state index in [0.29, 0.717) is 32.7 Å². The molecule has 0 aromatic heterocycles. The highest BCUT2D eigenvalue weighted by atomic mass is 16.5. The first kappa shape index (κ1) is 16.4. The number of nitrogens with one attached hydrogen (secondary N) is 2. The van der Waals surface area contributed by atoms with Gasteiger partial charge in [-0.1, -0.05) is 19.1 Å². The smallest absolute Gasteiger partial charge is 0.314 e. The fraction of sp³-hybridized carbons (Fsp3) is 0.667. The summed E-state index contributed by atoms with van der Waals surface area (Å²) in [6.45, 7) is 8.81. The van der Waals surface area contributed by atoms with Crippen LogP contribution in [-0.4, -0.2) is 43.4 Å². The molecule has 0 aromatic rings. The molecule has 0 aliphatic carbocycles. The zero-order valence-electron chi connectivity index (χ0n) is 11.0. The highest BCUT2D eigenvalue weighted by Gasteiger charge is 2.10. The molecule has 0 aliphatic rings. The summed E-state index contributed by atoms with van der Waals surface area (Å²) in [6, 6.07) is -0.313. The molecule has 18 heavy (non-hydrogen) atoms. The first-order chi connectivity index (χ1) is 8.43. The normalized spacial score (nSPS) is 11.7. The van der Waals surface area contributed by atoms with Crippen LogP contribution in [0.4, 0.5) is 4.79 Å². The molecule has 0 aromatic carbocycles. The molecule has 3 N–H and O–H groups in total. The molecule has 1 unspecified atom stereocenters. The van der Waals surface area contributed by atoms with Gasteiger partial charge in [0.15, 0.2) is 0 Å². The van der Waals surface area contributed by atoms with Gasteiger partial charge in [-0.2, -0.15) is 0 Å². The maximum Gasteiger partial charge on any atom is 0.314 e. The molecule has 0 saturated heterocycles. The van der Waals surface area contributed by atoms with Crippen molar-refractivity contribution < 1.29 is 19.4 Å². The van der Waals surface area contributed by atoms with Gasteiger partial charge in [0.25, 0.3) is 0 Å². The highest BCUT2D eigenvalue weighted by molar-refractivity contribution is 5.74. The molecule has 6 heteroatoms. The van der Waals surface area contributed by atoms with Gasteiger partial charge in [-0.05, 0) is 13.3 Å². The van der Waals surface area contributed by atoms with E-state index in [9.17, 15) is 9.59 Å². The van der Waals surface area contributed by atoms with Crippen molar-refractivity contribution in [1.29, 1.82) is 0 Å². The number of hydrogen-bond donors (Lipinski definition) is 3. The summed E-state index contributed by atoms with van der Waals surface area (Å²) in [5.74, 6) is -1.31. The Bertz CT molecular complexity index is 292. The number of urea groups is 1. The van der Waals surface area contributed by atoms with Crippen LogP contribution in [0.5, 0.6) is 0 Å². The van der Waals surface area contributed by atoms with E-state index in [2.05, 4.69) is 17.2 Å². The molecule has 1 atom stereocenters. The lowest BCUT2D eigenvalue weighted by Gasteiger charge is -2.09. The van der Waals surface area contributed by atoms with Crippen LogP contribution in [-0.2, 0) is 9.53 Å². The molecule has 0 fully saturated rings. The summed E-state index contributed by atoms with van der Waals surface area (Å²) < 4.78 is 5.20. The lowest BCUT2D eigenvalue weighted by molar-refractivity contribution is -0.141. The van der Waals surface area contributed by atoms with Gasteiger partial charge in [0.1, 0.15) is 0 Å². The van der Waals surface area contributed by atoms with Crippen LogP contribution in [0.3, 0.4) is 0 Å². The molecular weight excluding hydrogens is 236 g/mol. The van der Waals surface area contributed by atoms with E-state index in [0.717, 1.165) is 5.57 Å². The van der Waals surface area contributed by atoms with Crippen LogP contribution in [0, 0.1) is 5.92 Å². The summed E-state index contributed by atoms with van der Waals surface area (Å²) in [5.41, 5.74) is 0.933. The summed E-state index contributed by atoms with van der Waals surface area (Å²) in [7, 11) is 0. The third-order valence-electron chi connectivity index (χ3n) is 2.16. The van der Waals surface area contributed by atoms with Crippen LogP contribution in [0.1, 0.15) is 20.3 Å². The molecule has 104 valence electrons. The number of aliphatic carboxylic acids is 1. The predicted octanol–water partition coefficient (Wildman–Crippen LogP) is 0.989. The van der Waals surface area contributed by atoms with E-state index >= 15 is 0 Å². The summed E-state index contributed by atoms with van der Waals surface area (Å²) in [4.78, 5) is 21.8. The average Bonchev–Trinajstić information content (AvgIpc) is 2.27. The number of carbonyl (C=O) groups excluding carboxylic acids is 1. The molecule has 2 amide bonds. The third-order valence-corrected chi connectivity index (χ3v) is 2.16. The minimum Gasteiger partial charge on any atom is -0.481 e.